The third kappa shape index (κ3) is 4.93. The molecule has 1 saturated heterocycles. The summed E-state index contributed by atoms with van der Waals surface area (Å²) in [4.78, 5) is 27.9. The molecule has 30 heavy (non-hydrogen) atoms. The second-order valence-corrected chi connectivity index (χ2v) is 7.76. The molecule has 1 N–H and O–H groups in total. The topological polar surface area (TPSA) is 67.9 Å². The van der Waals surface area contributed by atoms with Crippen molar-refractivity contribution in [1.82, 2.24) is 4.90 Å². The molecule has 0 unspecified atom stereocenters. The van der Waals surface area contributed by atoms with Crippen LogP contribution in [0.15, 0.2) is 30.3 Å². The van der Waals surface area contributed by atoms with Gasteiger partial charge in [0.1, 0.15) is 0 Å². The molecule has 0 atom stereocenters. The highest BCUT2D eigenvalue weighted by atomic mass is 16.5. The average molecular weight is 411 g/mol. The minimum absolute atomic E-state index is 0.0994. The molecule has 0 aliphatic carbocycles. The highest BCUT2D eigenvalue weighted by Gasteiger charge is 2.24. The number of hydrogen-bond donors (Lipinski definition) is 1. The molecule has 1 heterocycles. The number of likely N-dealkylation sites (tertiary alicyclic amines) is 1. The van der Waals surface area contributed by atoms with Gasteiger partial charge in [-0.05, 0) is 50.3 Å². The zero-order valence-corrected chi connectivity index (χ0v) is 18.2. The zero-order chi connectivity index (χ0) is 21.7. The fourth-order valence-electron chi connectivity index (χ4n) is 3.78. The Morgan fingerprint density at radius 1 is 0.967 bits per heavy atom. The van der Waals surface area contributed by atoms with Crippen LogP contribution in [0, 0.1) is 13.8 Å². The van der Waals surface area contributed by atoms with Crippen LogP contribution < -0.4 is 14.8 Å². The number of rotatable bonds is 6. The van der Waals surface area contributed by atoms with E-state index in [1.165, 1.54) is 14.2 Å². The molecule has 6 nitrogen and oxygen atoms in total. The van der Waals surface area contributed by atoms with Crippen LogP contribution >= 0.6 is 0 Å². The maximum Gasteiger partial charge on any atom is 0.256 e. The molecule has 1 aliphatic heterocycles. The van der Waals surface area contributed by atoms with Gasteiger partial charge in [-0.1, -0.05) is 23.8 Å². The summed E-state index contributed by atoms with van der Waals surface area (Å²) in [6.07, 6.45) is 3.36. The maximum atomic E-state index is 13.2. The van der Waals surface area contributed by atoms with E-state index in [9.17, 15) is 9.59 Å². The molecular weight excluding hydrogens is 380 g/mol. The molecular formula is C24H30N2O4. The summed E-state index contributed by atoms with van der Waals surface area (Å²) in [5, 5.41) is 2.93. The van der Waals surface area contributed by atoms with E-state index in [2.05, 4.69) is 5.32 Å². The first-order valence-electron chi connectivity index (χ1n) is 10.3. The van der Waals surface area contributed by atoms with E-state index in [0.717, 1.165) is 49.0 Å². The van der Waals surface area contributed by atoms with Crippen molar-refractivity contribution in [2.45, 2.75) is 39.5 Å². The number of anilines is 1. The summed E-state index contributed by atoms with van der Waals surface area (Å²) < 4.78 is 10.8. The first-order chi connectivity index (χ1) is 14.4. The molecule has 6 heteroatoms. The summed E-state index contributed by atoms with van der Waals surface area (Å²) in [7, 11) is 3.07. The third-order valence-electron chi connectivity index (χ3n) is 5.53. The Balaban J connectivity index is 1.90. The first-order valence-corrected chi connectivity index (χ1v) is 10.3. The molecule has 160 valence electrons. The van der Waals surface area contributed by atoms with Crippen LogP contribution in [0.1, 0.15) is 46.3 Å². The number of methoxy groups -OCH3 is 2. The molecule has 3 rings (SSSR count). The molecule has 2 aromatic carbocycles. The largest absolute Gasteiger partial charge is 0.493 e. The standard InChI is InChI=1S/C24H30N2O4/c1-16-8-9-17(2)18(12-16)13-23(27)25-20-15-22(30-4)21(29-3)14-19(20)24(28)26-10-6-5-7-11-26/h8-9,12,14-15H,5-7,10-11,13H2,1-4H3,(H,25,27). The van der Waals surface area contributed by atoms with E-state index in [1.807, 2.05) is 36.9 Å². The number of ether oxygens (including phenoxy) is 2. The van der Waals surface area contributed by atoms with Crippen molar-refractivity contribution >= 4 is 17.5 Å². The molecule has 0 saturated carbocycles. The van der Waals surface area contributed by atoms with Crippen LogP contribution in [-0.2, 0) is 11.2 Å². The molecule has 2 aromatic rings. The fraction of sp³-hybridized carbons (Fsp3) is 0.417. The molecule has 2 amide bonds. The first kappa shape index (κ1) is 21.7. The number of hydrogen-bond acceptors (Lipinski definition) is 4. The van der Waals surface area contributed by atoms with Crippen LogP contribution in [0.5, 0.6) is 11.5 Å². The maximum absolute atomic E-state index is 13.2. The van der Waals surface area contributed by atoms with Crippen LogP contribution in [0.4, 0.5) is 5.69 Å². The number of nitrogens with zero attached hydrogens (tertiary/aromatic N) is 1. The summed E-state index contributed by atoms with van der Waals surface area (Å²) in [5.41, 5.74) is 4.00. The van der Waals surface area contributed by atoms with E-state index in [1.54, 1.807) is 12.1 Å². The summed E-state index contributed by atoms with van der Waals surface area (Å²) in [6, 6.07) is 9.38. The second kappa shape index (κ2) is 9.65. The lowest BCUT2D eigenvalue weighted by atomic mass is 10.0. The lowest BCUT2D eigenvalue weighted by molar-refractivity contribution is -0.115. The van der Waals surface area contributed by atoms with Crippen molar-refractivity contribution in [3.05, 3.63) is 52.6 Å². The van der Waals surface area contributed by atoms with Gasteiger partial charge in [-0.2, -0.15) is 0 Å². The van der Waals surface area contributed by atoms with Gasteiger partial charge < -0.3 is 19.7 Å². The minimum atomic E-state index is -0.177. The Morgan fingerprint density at radius 2 is 1.63 bits per heavy atom. The van der Waals surface area contributed by atoms with Crippen molar-refractivity contribution in [3.8, 4) is 11.5 Å². The normalized spacial score (nSPS) is 13.7. The van der Waals surface area contributed by atoms with Crippen molar-refractivity contribution in [3.63, 3.8) is 0 Å². The van der Waals surface area contributed by atoms with Crippen molar-refractivity contribution < 1.29 is 19.1 Å². The Morgan fingerprint density at radius 3 is 2.30 bits per heavy atom. The highest BCUT2D eigenvalue weighted by molar-refractivity contribution is 6.05. The predicted molar refractivity (Wildman–Crippen MR) is 118 cm³/mol. The van der Waals surface area contributed by atoms with Crippen molar-refractivity contribution in [1.29, 1.82) is 0 Å². The van der Waals surface area contributed by atoms with Crippen molar-refractivity contribution in [2.24, 2.45) is 0 Å². The van der Waals surface area contributed by atoms with Gasteiger partial charge in [0, 0.05) is 19.2 Å². The van der Waals surface area contributed by atoms with E-state index in [0.29, 0.717) is 22.7 Å². The number of amides is 2. The number of carbonyl (C=O) groups is 2. The van der Waals surface area contributed by atoms with Gasteiger partial charge in [0.25, 0.3) is 5.91 Å². The number of benzene rings is 2. The van der Waals surface area contributed by atoms with Gasteiger partial charge in [-0.15, -0.1) is 0 Å². The van der Waals surface area contributed by atoms with E-state index >= 15 is 0 Å². The molecule has 0 spiro atoms. The number of nitrogens with one attached hydrogen (secondary N) is 1. The van der Waals surface area contributed by atoms with Gasteiger partial charge in [-0.25, -0.2) is 0 Å². The van der Waals surface area contributed by atoms with Crippen LogP contribution in [0.3, 0.4) is 0 Å². The third-order valence-corrected chi connectivity index (χ3v) is 5.53. The number of piperidine rings is 1. The van der Waals surface area contributed by atoms with Gasteiger partial charge in [0.15, 0.2) is 11.5 Å². The van der Waals surface area contributed by atoms with Crippen LogP contribution in [0.2, 0.25) is 0 Å². The molecule has 0 radical (unpaired) electrons. The summed E-state index contributed by atoms with van der Waals surface area (Å²) >= 11 is 0. The second-order valence-electron chi connectivity index (χ2n) is 7.76. The fourth-order valence-corrected chi connectivity index (χ4v) is 3.78. The number of aryl methyl sites for hydroxylation is 2. The van der Waals surface area contributed by atoms with E-state index in [-0.39, 0.29) is 18.2 Å². The van der Waals surface area contributed by atoms with E-state index in [4.69, 9.17) is 9.47 Å². The molecule has 0 aromatic heterocycles. The van der Waals surface area contributed by atoms with Gasteiger partial charge >= 0.3 is 0 Å². The zero-order valence-electron chi connectivity index (χ0n) is 18.2. The summed E-state index contributed by atoms with van der Waals surface area (Å²) in [5.74, 6) is 0.654. The Labute approximate surface area is 178 Å². The van der Waals surface area contributed by atoms with Crippen LogP contribution in [0.25, 0.3) is 0 Å². The lowest BCUT2D eigenvalue weighted by Gasteiger charge is -2.28. The molecule has 1 fully saturated rings. The Hall–Kier alpha value is -3.02. The molecule has 0 bridgehead atoms. The Bertz CT molecular complexity index is 933. The predicted octanol–water partition coefficient (Wildman–Crippen LogP) is 4.13. The van der Waals surface area contributed by atoms with Crippen molar-refractivity contribution in [2.75, 3.05) is 32.6 Å². The van der Waals surface area contributed by atoms with E-state index < -0.39 is 0 Å². The lowest BCUT2D eigenvalue weighted by Crippen LogP contribution is -2.36. The van der Waals surface area contributed by atoms with Gasteiger partial charge in [0.2, 0.25) is 5.91 Å². The highest BCUT2D eigenvalue weighted by Crippen LogP contribution is 2.34. The minimum Gasteiger partial charge on any atom is -0.493 e. The average Bonchev–Trinajstić information content (AvgIpc) is 2.76. The summed E-state index contributed by atoms with van der Waals surface area (Å²) in [6.45, 7) is 5.44. The molecule has 1 aliphatic rings. The quantitative estimate of drug-likeness (QED) is 0.778. The van der Waals surface area contributed by atoms with Gasteiger partial charge in [0.05, 0.1) is 31.9 Å². The SMILES string of the molecule is COc1cc(NC(=O)Cc2cc(C)ccc2C)c(C(=O)N2CCCCC2)cc1OC. The number of carbonyl (C=O) groups excluding carboxylic acids is 2. The van der Waals surface area contributed by atoms with Gasteiger partial charge in [-0.3, -0.25) is 9.59 Å². The van der Waals surface area contributed by atoms with Crippen LogP contribution in [-0.4, -0.2) is 44.0 Å². The monoisotopic (exact) mass is 410 g/mol. The Kier molecular flexibility index (Phi) is 6.98. The smallest absolute Gasteiger partial charge is 0.256 e.